The Balaban J connectivity index is 1.53. The third-order valence-corrected chi connectivity index (χ3v) is 4.27. The Morgan fingerprint density at radius 3 is 2.65 bits per heavy atom. The summed E-state index contributed by atoms with van der Waals surface area (Å²) in [6, 6.07) is 3.97. The Morgan fingerprint density at radius 2 is 2.05 bits per heavy atom. The van der Waals surface area contributed by atoms with Crippen molar-refractivity contribution in [3.05, 3.63) is 35.5 Å². The molecule has 0 spiro atoms. The molecule has 3 N–H and O–H groups in total. The maximum atomic E-state index is 5.31. The van der Waals surface area contributed by atoms with Gasteiger partial charge >= 0.3 is 0 Å². The number of hydrazine groups is 1. The quantitative estimate of drug-likeness (QED) is 0.650. The number of hydrogen-bond donors (Lipinski definition) is 2. The molecule has 0 atom stereocenters. The second kappa shape index (κ2) is 6.17. The number of anilines is 2. The van der Waals surface area contributed by atoms with Gasteiger partial charge in [-0.25, -0.2) is 15.8 Å². The molecule has 20 heavy (non-hydrogen) atoms. The predicted octanol–water partition coefficient (Wildman–Crippen LogP) is 1.15. The van der Waals surface area contributed by atoms with Crippen LogP contribution < -0.4 is 16.2 Å². The summed E-state index contributed by atoms with van der Waals surface area (Å²) >= 11 is 1.71. The molecule has 0 radical (unpaired) electrons. The zero-order chi connectivity index (χ0) is 13.8. The van der Waals surface area contributed by atoms with Crippen molar-refractivity contribution >= 4 is 22.3 Å². The molecule has 2 aromatic rings. The van der Waals surface area contributed by atoms with Crippen LogP contribution in [0, 0.1) is 0 Å². The third kappa shape index (κ3) is 3.06. The van der Waals surface area contributed by atoms with Crippen molar-refractivity contribution in [2.45, 2.75) is 6.54 Å². The van der Waals surface area contributed by atoms with Crippen molar-refractivity contribution in [3.63, 3.8) is 0 Å². The van der Waals surface area contributed by atoms with E-state index in [2.05, 4.69) is 31.3 Å². The highest BCUT2D eigenvalue weighted by atomic mass is 32.1. The lowest BCUT2D eigenvalue weighted by atomic mass is 10.2. The minimum atomic E-state index is 0.697. The van der Waals surface area contributed by atoms with E-state index >= 15 is 0 Å². The van der Waals surface area contributed by atoms with Gasteiger partial charge in [0.05, 0.1) is 0 Å². The normalized spacial score (nSPS) is 16.4. The van der Waals surface area contributed by atoms with E-state index in [9.17, 15) is 0 Å². The summed E-state index contributed by atoms with van der Waals surface area (Å²) in [5.74, 6) is 6.01. The summed E-state index contributed by atoms with van der Waals surface area (Å²) in [6.45, 7) is 5.10. The van der Waals surface area contributed by atoms with Crippen LogP contribution in [-0.2, 0) is 6.54 Å². The summed E-state index contributed by atoms with van der Waals surface area (Å²) in [6.07, 6.45) is 3.74. The summed E-state index contributed by atoms with van der Waals surface area (Å²) in [4.78, 5) is 13.4. The van der Waals surface area contributed by atoms with Crippen LogP contribution in [0.25, 0.3) is 0 Å². The average molecular weight is 290 g/mol. The van der Waals surface area contributed by atoms with Crippen LogP contribution in [0.15, 0.2) is 29.9 Å². The van der Waals surface area contributed by atoms with E-state index in [4.69, 9.17) is 5.84 Å². The number of nitrogens with one attached hydrogen (secondary N) is 1. The maximum absolute atomic E-state index is 5.31. The molecular weight excluding hydrogens is 272 g/mol. The van der Waals surface area contributed by atoms with Crippen molar-refractivity contribution in [1.29, 1.82) is 0 Å². The fourth-order valence-electron chi connectivity index (χ4n) is 2.33. The highest BCUT2D eigenvalue weighted by Gasteiger charge is 2.18. The Kier molecular flexibility index (Phi) is 4.10. The SMILES string of the molecule is NNc1ccc(CN2CCN(c3nccs3)CC2)cn1. The second-order valence-corrected chi connectivity index (χ2v) is 5.65. The summed E-state index contributed by atoms with van der Waals surface area (Å²) in [7, 11) is 0. The number of piperazine rings is 1. The number of hydrogen-bond acceptors (Lipinski definition) is 7. The third-order valence-electron chi connectivity index (χ3n) is 3.44. The highest BCUT2D eigenvalue weighted by molar-refractivity contribution is 7.13. The van der Waals surface area contributed by atoms with E-state index in [0.717, 1.165) is 37.9 Å². The molecular formula is C13H18N6S. The Hall–Kier alpha value is -1.70. The van der Waals surface area contributed by atoms with Crippen molar-refractivity contribution in [1.82, 2.24) is 14.9 Å². The fourth-order valence-corrected chi connectivity index (χ4v) is 3.03. The lowest BCUT2D eigenvalue weighted by molar-refractivity contribution is 0.249. The molecule has 2 aromatic heterocycles. The first kappa shape index (κ1) is 13.3. The first-order valence-electron chi connectivity index (χ1n) is 6.63. The smallest absolute Gasteiger partial charge is 0.185 e. The average Bonchev–Trinajstić information content (AvgIpc) is 3.03. The number of nitrogens with zero attached hydrogens (tertiary/aromatic N) is 4. The van der Waals surface area contributed by atoms with E-state index in [-0.39, 0.29) is 0 Å². The lowest BCUT2D eigenvalue weighted by Crippen LogP contribution is -2.45. The van der Waals surface area contributed by atoms with Gasteiger partial charge in [-0.1, -0.05) is 6.07 Å². The van der Waals surface area contributed by atoms with Crippen LogP contribution in [0.3, 0.4) is 0 Å². The van der Waals surface area contributed by atoms with Gasteiger partial charge in [0.2, 0.25) is 0 Å². The molecule has 0 saturated carbocycles. The van der Waals surface area contributed by atoms with Gasteiger partial charge in [-0.15, -0.1) is 11.3 Å². The van der Waals surface area contributed by atoms with Crippen LogP contribution in [0.1, 0.15) is 5.56 Å². The summed E-state index contributed by atoms with van der Waals surface area (Å²) < 4.78 is 0. The van der Waals surface area contributed by atoms with Gasteiger partial charge in [0.1, 0.15) is 5.82 Å². The first-order valence-corrected chi connectivity index (χ1v) is 7.51. The molecule has 3 heterocycles. The molecule has 1 aliphatic rings. The summed E-state index contributed by atoms with van der Waals surface area (Å²) in [5.41, 5.74) is 3.76. The minimum absolute atomic E-state index is 0.697. The van der Waals surface area contributed by atoms with Crippen molar-refractivity contribution in [2.75, 3.05) is 36.5 Å². The molecule has 1 fully saturated rings. The highest BCUT2D eigenvalue weighted by Crippen LogP contribution is 2.19. The Bertz CT molecular complexity index is 518. The molecule has 6 nitrogen and oxygen atoms in total. The van der Waals surface area contributed by atoms with Crippen molar-refractivity contribution in [2.24, 2.45) is 5.84 Å². The second-order valence-electron chi connectivity index (χ2n) is 4.77. The number of rotatable bonds is 4. The van der Waals surface area contributed by atoms with E-state index in [1.54, 1.807) is 11.3 Å². The number of pyridine rings is 1. The van der Waals surface area contributed by atoms with Gasteiger partial charge in [0, 0.05) is 50.5 Å². The van der Waals surface area contributed by atoms with Gasteiger partial charge in [0.15, 0.2) is 5.13 Å². The van der Waals surface area contributed by atoms with E-state index < -0.39 is 0 Å². The molecule has 0 bridgehead atoms. The molecule has 7 heteroatoms. The minimum Gasteiger partial charge on any atom is -0.346 e. The molecule has 0 unspecified atom stereocenters. The Labute approximate surface area is 122 Å². The molecule has 106 valence electrons. The van der Waals surface area contributed by atoms with E-state index in [0.29, 0.717) is 5.82 Å². The monoisotopic (exact) mass is 290 g/mol. The van der Waals surface area contributed by atoms with Crippen LogP contribution in [0.4, 0.5) is 10.9 Å². The number of nitrogen functional groups attached to an aromatic ring is 1. The van der Waals surface area contributed by atoms with Crippen LogP contribution in [0.2, 0.25) is 0 Å². The molecule has 0 amide bonds. The first-order chi connectivity index (χ1) is 9.85. The molecule has 1 saturated heterocycles. The molecule has 3 rings (SSSR count). The summed E-state index contributed by atoms with van der Waals surface area (Å²) in [5, 5.41) is 3.16. The molecule has 0 aliphatic carbocycles. The zero-order valence-electron chi connectivity index (χ0n) is 11.2. The van der Waals surface area contributed by atoms with E-state index in [1.165, 1.54) is 5.56 Å². The largest absolute Gasteiger partial charge is 0.346 e. The van der Waals surface area contributed by atoms with Gasteiger partial charge in [-0.05, 0) is 11.6 Å². The zero-order valence-corrected chi connectivity index (χ0v) is 12.0. The maximum Gasteiger partial charge on any atom is 0.185 e. The topological polar surface area (TPSA) is 70.3 Å². The van der Waals surface area contributed by atoms with Gasteiger partial charge < -0.3 is 10.3 Å². The van der Waals surface area contributed by atoms with Gasteiger partial charge in [0.25, 0.3) is 0 Å². The van der Waals surface area contributed by atoms with Crippen LogP contribution in [0.5, 0.6) is 0 Å². The van der Waals surface area contributed by atoms with E-state index in [1.807, 2.05) is 23.8 Å². The Morgan fingerprint density at radius 1 is 1.20 bits per heavy atom. The van der Waals surface area contributed by atoms with Crippen LogP contribution in [-0.4, -0.2) is 41.0 Å². The lowest BCUT2D eigenvalue weighted by Gasteiger charge is -2.34. The fraction of sp³-hybridized carbons (Fsp3) is 0.385. The number of nitrogens with two attached hydrogens (primary N) is 1. The van der Waals surface area contributed by atoms with Gasteiger partial charge in [-0.2, -0.15) is 0 Å². The molecule has 1 aliphatic heterocycles. The van der Waals surface area contributed by atoms with Crippen molar-refractivity contribution < 1.29 is 0 Å². The van der Waals surface area contributed by atoms with Crippen molar-refractivity contribution in [3.8, 4) is 0 Å². The predicted molar refractivity (Wildman–Crippen MR) is 81.7 cm³/mol. The number of aromatic nitrogens is 2. The number of thiazole rings is 1. The standard InChI is InChI=1S/C13H18N6S/c14-17-12-2-1-11(9-16-12)10-18-4-6-19(7-5-18)13-15-3-8-20-13/h1-3,8-9H,4-7,10,14H2,(H,16,17). The van der Waals surface area contributed by atoms with Crippen LogP contribution >= 0.6 is 11.3 Å². The molecule has 0 aromatic carbocycles. The van der Waals surface area contributed by atoms with Gasteiger partial charge in [-0.3, -0.25) is 4.90 Å².